The second kappa shape index (κ2) is 21.1. The van der Waals surface area contributed by atoms with Gasteiger partial charge in [-0.05, 0) is 48.5 Å². The van der Waals surface area contributed by atoms with E-state index in [4.69, 9.17) is 18.3 Å². The summed E-state index contributed by atoms with van der Waals surface area (Å²) < 4.78 is 28.2. The van der Waals surface area contributed by atoms with Crippen molar-refractivity contribution in [1.29, 1.82) is 0 Å². The van der Waals surface area contributed by atoms with Gasteiger partial charge in [0.2, 0.25) is 0 Å². The predicted molar refractivity (Wildman–Crippen MR) is 285 cm³/mol. The van der Waals surface area contributed by atoms with Gasteiger partial charge in [0.25, 0.3) is 0 Å². The number of Topliss-reactive ketones (excluding diaryl/α,β-unsaturated/α-hetero) is 1. The van der Waals surface area contributed by atoms with Crippen molar-refractivity contribution in [3.05, 3.63) is 246 Å². The highest BCUT2D eigenvalue weighted by molar-refractivity contribution is 7.00. The van der Waals surface area contributed by atoms with Crippen molar-refractivity contribution >= 4 is 54.9 Å². The standard InChI is InChI=1S/C61H58O7Si2/c1-60(2,3)69(50-32-17-9-18-33-50,51-34-19-10-20-35-51)67-49-41-55(66-59(64)48-31-25-30-47(40-48)58(63)46-28-15-8-16-29-46)57(54(62)44-65-43-45-26-13-7-14-27-45)56(42-49)68-70(61(4,5)6,52-36-21-11-22-37-52)53-38-23-12-24-39-53/h7-42H,43-44H2,1-6H3. The van der Waals surface area contributed by atoms with Crippen LogP contribution < -0.4 is 34.3 Å². The topological polar surface area (TPSA) is 88.1 Å². The average molecular weight is 959 g/mol. The zero-order chi connectivity index (χ0) is 49.4. The van der Waals surface area contributed by atoms with Crippen LogP contribution in [0.3, 0.4) is 0 Å². The first-order chi connectivity index (χ1) is 33.7. The van der Waals surface area contributed by atoms with Crippen molar-refractivity contribution in [2.24, 2.45) is 0 Å². The second-order valence-electron chi connectivity index (χ2n) is 19.4. The lowest BCUT2D eigenvalue weighted by Crippen LogP contribution is -2.69. The lowest BCUT2D eigenvalue weighted by atomic mass is 10.0. The van der Waals surface area contributed by atoms with Gasteiger partial charge in [0.15, 0.2) is 11.6 Å². The molecule has 7 nitrogen and oxygen atoms in total. The maximum absolute atomic E-state index is 15.2. The third kappa shape index (κ3) is 10.3. The van der Waals surface area contributed by atoms with E-state index in [2.05, 4.69) is 90.1 Å². The summed E-state index contributed by atoms with van der Waals surface area (Å²) in [5, 5.41) is 3.01. The molecule has 9 heteroatoms. The number of rotatable bonds is 17. The van der Waals surface area contributed by atoms with Gasteiger partial charge in [-0.2, -0.15) is 0 Å². The maximum Gasteiger partial charge on any atom is 0.343 e. The summed E-state index contributed by atoms with van der Waals surface area (Å²) in [5.41, 5.74) is 1.83. The Balaban J connectivity index is 1.37. The van der Waals surface area contributed by atoms with E-state index in [1.165, 1.54) is 6.07 Å². The molecule has 0 bridgehead atoms. The van der Waals surface area contributed by atoms with Crippen LogP contribution in [0.25, 0.3) is 0 Å². The van der Waals surface area contributed by atoms with Crippen LogP contribution in [-0.2, 0) is 11.3 Å². The summed E-state index contributed by atoms with van der Waals surface area (Å²) in [7, 11) is -6.84. The van der Waals surface area contributed by atoms with E-state index < -0.39 is 38.5 Å². The Labute approximate surface area is 414 Å². The third-order valence-electron chi connectivity index (χ3n) is 12.6. The molecule has 0 saturated carbocycles. The van der Waals surface area contributed by atoms with Crippen LogP contribution in [0.4, 0.5) is 0 Å². The minimum Gasteiger partial charge on any atom is -0.534 e. The average Bonchev–Trinajstić information content (AvgIpc) is 3.37. The van der Waals surface area contributed by atoms with E-state index in [0.29, 0.717) is 16.9 Å². The number of carbonyl (C=O) groups is 3. The SMILES string of the molecule is CC(C)(C)[Si](Oc1cc(OC(=O)c2cccc(C(=O)c3ccccc3)c2)c(C(=O)COCc2ccccc2)c(O[Si](c2ccccc2)(c2ccccc2)C(C)(C)C)c1)(c1ccccc1)c1ccccc1. The van der Waals surface area contributed by atoms with Crippen molar-refractivity contribution in [2.75, 3.05) is 6.61 Å². The lowest BCUT2D eigenvalue weighted by Gasteiger charge is -2.44. The fourth-order valence-electron chi connectivity index (χ4n) is 9.31. The fraction of sp³-hybridized carbons (Fsp3) is 0.164. The summed E-state index contributed by atoms with van der Waals surface area (Å²) in [4.78, 5) is 43.7. The molecule has 8 aromatic rings. The second-order valence-corrected chi connectivity index (χ2v) is 27.8. The molecule has 0 aliphatic heterocycles. The predicted octanol–water partition coefficient (Wildman–Crippen LogP) is 11.4. The summed E-state index contributed by atoms with van der Waals surface area (Å²) in [6.07, 6.45) is 0. The zero-order valence-corrected chi connectivity index (χ0v) is 42.6. The minimum absolute atomic E-state index is 0.0284. The first-order valence-electron chi connectivity index (χ1n) is 23.6. The summed E-state index contributed by atoms with van der Waals surface area (Å²) >= 11 is 0. The number of carbonyl (C=O) groups excluding carboxylic acids is 3. The molecule has 0 spiro atoms. The maximum atomic E-state index is 15.2. The molecule has 352 valence electrons. The molecule has 8 rings (SSSR count). The summed E-state index contributed by atoms with van der Waals surface area (Å²) in [6, 6.07) is 69.2. The number of ketones is 2. The van der Waals surface area contributed by atoms with Crippen molar-refractivity contribution in [3.8, 4) is 17.2 Å². The van der Waals surface area contributed by atoms with Crippen molar-refractivity contribution in [1.82, 2.24) is 0 Å². The Morgan fingerprint density at radius 3 is 1.30 bits per heavy atom. The molecule has 0 amide bonds. The van der Waals surface area contributed by atoms with Gasteiger partial charge < -0.3 is 18.3 Å². The Morgan fingerprint density at radius 1 is 0.429 bits per heavy atom. The lowest BCUT2D eigenvalue weighted by molar-refractivity contribution is 0.0701. The molecule has 0 heterocycles. The monoisotopic (exact) mass is 958 g/mol. The van der Waals surface area contributed by atoms with Gasteiger partial charge in [0.1, 0.15) is 29.4 Å². The van der Waals surface area contributed by atoms with E-state index in [1.54, 1.807) is 54.6 Å². The van der Waals surface area contributed by atoms with Gasteiger partial charge in [-0.25, -0.2) is 4.79 Å². The van der Waals surface area contributed by atoms with Crippen molar-refractivity contribution < 1.29 is 32.7 Å². The molecular weight excluding hydrogens is 901 g/mol. The minimum atomic E-state index is -3.49. The van der Waals surface area contributed by atoms with Gasteiger partial charge >= 0.3 is 22.6 Å². The molecule has 0 aliphatic carbocycles. The number of esters is 1. The van der Waals surface area contributed by atoms with E-state index >= 15 is 4.79 Å². The van der Waals surface area contributed by atoms with Gasteiger partial charge in [-0.15, -0.1) is 0 Å². The van der Waals surface area contributed by atoms with Gasteiger partial charge in [-0.3, -0.25) is 9.59 Å². The van der Waals surface area contributed by atoms with Crippen LogP contribution in [-0.4, -0.2) is 40.8 Å². The number of benzene rings is 8. The molecule has 0 radical (unpaired) electrons. The van der Waals surface area contributed by atoms with E-state index in [9.17, 15) is 9.59 Å². The van der Waals surface area contributed by atoms with Crippen LogP contribution in [0.5, 0.6) is 17.2 Å². The summed E-state index contributed by atoms with van der Waals surface area (Å²) in [6.45, 7) is 12.9. The van der Waals surface area contributed by atoms with E-state index in [-0.39, 0.29) is 41.6 Å². The first-order valence-corrected chi connectivity index (χ1v) is 27.4. The van der Waals surface area contributed by atoms with Crippen molar-refractivity contribution in [2.45, 2.75) is 58.2 Å². The number of hydrogen-bond acceptors (Lipinski definition) is 7. The Bertz CT molecular complexity index is 2960. The fourth-order valence-corrected chi connectivity index (χ4v) is 18.1. The Hall–Kier alpha value is -7.44. The quantitative estimate of drug-likeness (QED) is 0.0389. The van der Waals surface area contributed by atoms with Gasteiger partial charge in [0.05, 0.1) is 12.2 Å². The highest BCUT2D eigenvalue weighted by Gasteiger charge is 2.54. The van der Waals surface area contributed by atoms with E-state index in [0.717, 1.165) is 26.3 Å². The molecule has 0 unspecified atom stereocenters. The highest BCUT2D eigenvalue weighted by Crippen LogP contribution is 2.45. The molecule has 0 fully saturated rings. The van der Waals surface area contributed by atoms with Crippen LogP contribution in [0.2, 0.25) is 10.1 Å². The zero-order valence-electron chi connectivity index (χ0n) is 40.6. The largest absolute Gasteiger partial charge is 0.534 e. The van der Waals surface area contributed by atoms with Crippen LogP contribution in [0.1, 0.15) is 83.7 Å². The van der Waals surface area contributed by atoms with Crippen molar-refractivity contribution in [3.63, 3.8) is 0 Å². The van der Waals surface area contributed by atoms with Gasteiger partial charge in [-0.1, -0.05) is 236 Å². The number of ether oxygens (including phenoxy) is 2. The molecule has 70 heavy (non-hydrogen) atoms. The Morgan fingerprint density at radius 2 is 0.829 bits per heavy atom. The summed E-state index contributed by atoms with van der Waals surface area (Å²) in [5.74, 6) is -1.02. The molecule has 0 aromatic heterocycles. The van der Waals surface area contributed by atoms with Crippen LogP contribution in [0, 0.1) is 0 Å². The normalized spacial score (nSPS) is 11.9. The number of hydrogen-bond donors (Lipinski definition) is 0. The Kier molecular flexibility index (Phi) is 14.7. The molecule has 0 N–H and O–H groups in total. The third-order valence-corrected chi connectivity index (χ3v) is 22.5. The van der Waals surface area contributed by atoms with Crippen LogP contribution in [0.15, 0.2) is 218 Å². The molecule has 0 atom stereocenters. The van der Waals surface area contributed by atoms with Crippen LogP contribution >= 0.6 is 0 Å². The first kappa shape index (κ1) is 49.0. The molecular formula is C61H58O7Si2. The smallest absolute Gasteiger partial charge is 0.343 e. The van der Waals surface area contributed by atoms with Gasteiger partial charge in [0, 0.05) is 23.3 Å². The molecule has 0 saturated heterocycles. The molecule has 0 aliphatic rings. The molecule has 8 aromatic carbocycles. The van der Waals surface area contributed by atoms with E-state index in [1.807, 2.05) is 109 Å². The highest BCUT2D eigenvalue weighted by atomic mass is 28.4.